The van der Waals surface area contributed by atoms with Gasteiger partial charge in [0.1, 0.15) is 11.2 Å². The molecule has 1 saturated heterocycles. The van der Waals surface area contributed by atoms with E-state index in [9.17, 15) is 0 Å². The maximum absolute atomic E-state index is 6.60. The van der Waals surface area contributed by atoms with Crippen molar-refractivity contribution < 1.29 is 4.74 Å². The van der Waals surface area contributed by atoms with E-state index in [0.717, 1.165) is 78.8 Å². The number of morpholine rings is 1. The first-order chi connectivity index (χ1) is 18.7. The van der Waals surface area contributed by atoms with E-state index >= 15 is 0 Å². The van der Waals surface area contributed by atoms with Crippen LogP contribution in [0.3, 0.4) is 0 Å². The summed E-state index contributed by atoms with van der Waals surface area (Å²) in [5.41, 5.74) is 14.2. The van der Waals surface area contributed by atoms with Crippen molar-refractivity contribution in [1.29, 1.82) is 0 Å². The summed E-state index contributed by atoms with van der Waals surface area (Å²) in [5, 5.41) is 0. The van der Waals surface area contributed by atoms with Crippen LogP contribution in [0.25, 0.3) is 39.6 Å². The minimum atomic E-state index is -0.198. The molecule has 7 heteroatoms. The number of hydrogen-bond acceptors (Lipinski definition) is 6. The third kappa shape index (κ3) is 4.58. The van der Waals surface area contributed by atoms with Crippen LogP contribution in [-0.2, 0) is 10.3 Å². The maximum atomic E-state index is 6.60. The van der Waals surface area contributed by atoms with Gasteiger partial charge in [-0.2, -0.15) is 0 Å². The lowest BCUT2D eigenvalue weighted by Crippen LogP contribution is -2.43. The normalized spacial score (nSPS) is 16.5. The number of imidazole rings is 1. The summed E-state index contributed by atoms with van der Waals surface area (Å²) in [6, 6.07) is 27.2. The average molecular weight is 519 g/mol. The number of fused-ring (bicyclic) bond motifs is 1. The lowest BCUT2D eigenvalue weighted by molar-refractivity contribution is 0.122. The quantitative estimate of drug-likeness (QED) is 0.309. The molecule has 2 N–H and O–H groups in total. The predicted molar refractivity (Wildman–Crippen MR) is 157 cm³/mol. The number of rotatable bonds is 5. The molecule has 7 nitrogen and oxygen atoms in total. The Hall–Kier alpha value is -4.07. The molecule has 1 saturated carbocycles. The second kappa shape index (κ2) is 10.2. The van der Waals surface area contributed by atoms with Gasteiger partial charge in [-0.1, -0.05) is 37.8 Å². The van der Waals surface area contributed by atoms with Crippen LogP contribution in [0.1, 0.15) is 32.3 Å². The van der Waals surface area contributed by atoms with E-state index in [1.54, 1.807) is 6.20 Å². The molecule has 0 radical (unpaired) electrons. The van der Waals surface area contributed by atoms with E-state index in [1.165, 1.54) is 17.7 Å². The lowest BCUT2D eigenvalue weighted by atomic mass is 9.73. The number of anilines is 1. The van der Waals surface area contributed by atoms with Gasteiger partial charge in [0, 0.05) is 41.8 Å². The molecule has 2 aromatic carbocycles. The van der Waals surface area contributed by atoms with Gasteiger partial charge in [-0.05, 0) is 73.4 Å². The smallest absolute Gasteiger partial charge is 0.165 e. The van der Waals surface area contributed by atoms with E-state index in [1.807, 2.05) is 18.2 Å². The molecule has 198 valence electrons. The molecule has 0 amide bonds. The lowest BCUT2D eigenvalue weighted by Gasteiger charge is -2.38. The molecule has 1 aliphatic carbocycles. The van der Waals surface area contributed by atoms with Crippen molar-refractivity contribution >= 4 is 16.9 Å². The van der Waals surface area contributed by atoms with E-state index in [2.05, 4.69) is 75.1 Å². The highest BCUT2D eigenvalue weighted by Gasteiger charge is 2.34. The molecule has 5 aromatic rings. The van der Waals surface area contributed by atoms with Crippen molar-refractivity contribution in [1.82, 2.24) is 19.5 Å². The number of pyridine rings is 2. The van der Waals surface area contributed by atoms with Gasteiger partial charge in [0.25, 0.3) is 0 Å². The monoisotopic (exact) mass is 518 g/mol. The number of hydrogen-bond donors (Lipinski definition) is 1. The van der Waals surface area contributed by atoms with Crippen molar-refractivity contribution in [3.05, 3.63) is 90.6 Å². The van der Waals surface area contributed by atoms with Crippen LogP contribution in [0.4, 0.5) is 5.69 Å². The van der Waals surface area contributed by atoms with Gasteiger partial charge >= 0.3 is 0 Å². The summed E-state index contributed by atoms with van der Waals surface area (Å²) in [6.45, 7) is 3.31. The zero-order chi connectivity index (χ0) is 25.5. The van der Waals surface area contributed by atoms with Crippen molar-refractivity contribution in [2.24, 2.45) is 5.73 Å². The molecule has 3 aromatic heterocycles. The molecule has 4 heterocycles. The third-order valence-corrected chi connectivity index (χ3v) is 7.86. The highest BCUT2D eigenvalue weighted by atomic mass is 16.5. The van der Waals surface area contributed by atoms with Gasteiger partial charge in [-0.3, -0.25) is 9.55 Å². The standard InChI is InChI=1S/C31H30N6O.CH4/c32-31(14-4-15-31)23-8-10-24(11-9-23)37-29(27-7-1-2-16-33-27)35-28-13-12-26(34-30(28)37)22-5-3-6-25(21-22)36-17-19-38-20-18-36;/h1-3,5-13,16,21H,4,14-15,17-20,32H2;1H4. The van der Waals surface area contributed by atoms with Crippen molar-refractivity contribution in [3.63, 3.8) is 0 Å². The second-order valence-electron chi connectivity index (χ2n) is 10.2. The molecular formula is C32H34N6O. The molecule has 1 aliphatic heterocycles. The Kier molecular flexibility index (Phi) is 6.62. The van der Waals surface area contributed by atoms with Crippen molar-refractivity contribution in [3.8, 4) is 28.5 Å². The Morgan fingerprint density at radius 2 is 1.62 bits per heavy atom. The van der Waals surface area contributed by atoms with Crippen LogP contribution in [0, 0.1) is 0 Å². The fourth-order valence-corrected chi connectivity index (χ4v) is 5.50. The Labute approximate surface area is 229 Å². The molecule has 0 bridgehead atoms. The minimum absolute atomic E-state index is 0. The van der Waals surface area contributed by atoms with Crippen LogP contribution < -0.4 is 10.6 Å². The van der Waals surface area contributed by atoms with Crippen molar-refractivity contribution in [2.75, 3.05) is 31.2 Å². The van der Waals surface area contributed by atoms with Gasteiger partial charge in [0.15, 0.2) is 11.5 Å². The van der Waals surface area contributed by atoms with E-state index < -0.39 is 0 Å². The SMILES string of the molecule is C.NC1(c2ccc(-n3c(-c4ccccn4)nc4ccc(-c5cccc(N6CCOCC6)c5)nc43)cc2)CCC1. The molecule has 7 rings (SSSR count). The first kappa shape index (κ1) is 25.2. The number of aromatic nitrogens is 4. The Balaban J connectivity index is 0.00000277. The first-order valence-electron chi connectivity index (χ1n) is 13.3. The Morgan fingerprint density at radius 1 is 0.795 bits per heavy atom. The summed E-state index contributed by atoms with van der Waals surface area (Å²) in [4.78, 5) is 17.1. The minimum Gasteiger partial charge on any atom is -0.378 e. The molecular weight excluding hydrogens is 484 g/mol. The van der Waals surface area contributed by atoms with Gasteiger partial charge in [-0.15, -0.1) is 0 Å². The van der Waals surface area contributed by atoms with E-state index in [-0.39, 0.29) is 13.0 Å². The Morgan fingerprint density at radius 3 is 2.33 bits per heavy atom. The maximum Gasteiger partial charge on any atom is 0.165 e. The molecule has 2 fully saturated rings. The number of ether oxygens (including phenoxy) is 1. The zero-order valence-corrected chi connectivity index (χ0v) is 21.3. The van der Waals surface area contributed by atoms with Gasteiger partial charge < -0.3 is 15.4 Å². The van der Waals surface area contributed by atoms with E-state index in [4.69, 9.17) is 20.4 Å². The van der Waals surface area contributed by atoms with Crippen LogP contribution in [0.15, 0.2) is 85.1 Å². The fraction of sp³-hybridized carbons (Fsp3) is 0.281. The molecule has 0 atom stereocenters. The topological polar surface area (TPSA) is 82.1 Å². The van der Waals surface area contributed by atoms with Gasteiger partial charge in [-0.25, -0.2) is 9.97 Å². The largest absolute Gasteiger partial charge is 0.378 e. The highest BCUT2D eigenvalue weighted by molar-refractivity contribution is 5.82. The van der Waals surface area contributed by atoms with Crippen LogP contribution in [0.5, 0.6) is 0 Å². The average Bonchev–Trinajstić information content (AvgIpc) is 3.36. The van der Waals surface area contributed by atoms with Crippen molar-refractivity contribution in [2.45, 2.75) is 32.2 Å². The van der Waals surface area contributed by atoms with Crippen LogP contribution in [-0.4, -0.2) is 45.8 Å². The summed E-state index contributed by atoms with van der Waals surface area (Å²) in [6.07, 6.45) is 5.06. The zero-order valence-electron chi connectivity index (χ0n) is 21.3. The summed E-state index contributed by atoms with van der Waals surface area (Å²) < 4.78 is 7.65. The summed E-state index contributed by atoms with van der Waals surface area (Å²) in [7, 11) is 0. The third-order valence-electron chi connectivity index (χ3n) is 7.86. The summed E-state index contributed by atoms with van der Waals surface area (Å²) >= 11 is 0. The first-order valence-corrected chi connectivity index (χ1v) is 13.3. The number of nitrogens with two attached hydrogens (primary N) is 1. The number of benzene rings is 2. The molecule has 0 unspecified atom stereocenters. The molecule has 0 spiro atoms. The molecule has 39 heavy (non-hydrogen) atoms. The van der Waals surface area contributed by atoms with E-state index in [0.29, 0.717) is 0 Å². The van der Waals surface area contributed by atoms with Gasteiger partial charge in [0.2, 0.25) is 0 Å². The fourth-order valence-electron chi connectivity index (χ4n) is 5.50. The van der Waals surface area contributed by atoms with Crippen LogP contribution >= 0.6 is 0 Å². The van der Waals surface area contributed by atoms with Gasteiger partial charge in [0.05, 0.1) is 18.9 Å². The summed E-state index contributed by atoms with van der Waals surface area (Å²) in [5.74, 6) is 0.770. The van der Waals surface area contributed by atoms with Crippen LogP contribution in [0.2, 0.25) is 0 Å². The number of nitrogens with zero attached hydrogens (tertiary/aromatic N) is 5. The second-order valence-corrected chi connectivity index (χ2v) is 10.2. The molecule has 2 aliphatic rings. The predicted octanol–water partition coefficient (Wildman–Crippen LogP) is 5.96. The Bertz CT molecular complexity index is 1580. The highest BCUT2D eigenvalue weighted by Crippen LogP contribution is 2.39.